The number of carbonyl (C=O) groups excluding carboxylic acids is 1. The lowest BCUT2D eigenvalue weighted by Gasteiger charge is -2.23. The third kappa shape index (κ3) is 5.29. The van der Waals surface area contributed by atoms with Crippen LogP contribution < -0.4 is 10.2 Å². The van der Waals surface area contributed by atoms with Gasteiger partial charge in [0.25, 0.3) is 0 Å². The molecule has 0 unspecified atom stereocenters. The second-order valence-corrected chi connectivity index (χ2v) is 9.74. The fraction of sp³-hybridized carbons (Fsp3) is 0.360. The zero-order valence-electron chi connectivity index (χ0n) is 20.2. The highest BCUT2D eigenvalue weighted by Crippen LogP contribution is 2.38. The third-order valence-electron chi connectivity index (χ3n) is 5.54. The van der Waals surface area contributed by atoms with Gasteiger partial charge in [-0.1, -0.05) is 48.9 Å². The summed E-state index contributed by atoms with van der Waals surface area (Å²) in [5.74, 6) is 0.354. The van der Waals surface area contributed by atoms with Crippen molar-refractivity contribution >= 4 is 40.3 Å². The lowest BCUT2D eigenvalue weighted by molar-refractivity contribution is -0.115. The van der Waals surface area contributed by atoms with Gasteiger partial charge < -0.3 is 15.1 Å². The molecule has 0 radical (unpaired) electrons. The third-order valence-corrected chi connectivity index (χ3v) is 5.84. The van der Waals surface area contributed by atoms with Crippen LogP contribution in [-0.4, -0.2) is 59.6 Å². The molecule has 8 nitrogen and oxygen atoms in total. The Hall–Kier alpha value is -3.23. The number of benzene rings is 2. The number of rotatable bonds is 7. The Morgan fingerprint density at radius 1 is 1.12 bits per heavy atom. The molecule has 2 N–H and O–H groups in total. The Bertz CT molecular complexity index is 1230. The number of aromatic amines is 1. The van der Waals surface area contributed by atoms with E-state index in [1.165, 1.54) is 0 Å². The van der Waals surface area contributed by atoms with Gasteiger partial charge >= 0.3 is 0 Å². The van der Waals surface area contributed by atoms with Gasteiger partial charge in [0, 0.05) is 25.7 Å². The molecule has 0 aliphatic carbocycles. The topological polar surface area (TPSA) is 89.5 Å². The van der Waals surface area contributed by atoms with Crippen LogP contribution in [-0.2, 0) is 11.3 Å². The van der Waals surface area contributed by atoms with E-state index in [2.05, 4.69) is 44.4 Å². The number of aliphatic imine (C=N–C) groups is 1. The number of fused-ring (bicyclic) bond motifs is 1. The largest absolute Gasteiger partial charge is 0.373 e. The van der Waals surface area contributed by atoms with Crippen molar-refractivity contribution in [3.05, 3.63) is 52.7 Å². The van der Waals surface area contributed by atoms with Gasteiger partial charge in [-0.15, -0.1) is 5.10 Å². The highest BCUT2D eigenvalue weighted by Gasteiger charge is 2.21. The van der Waals surface area contributed by atoms with Crippen LogP contribution in [0.3, 0.4) is 0 Å². The van der Waals surface area contributed by atoms with Crippen LogP contribution in [0, 0.1) is 5.92 Å². The first-order chi connectivity index (χ1) is 16.2. The molecule has 1 aliphatic rings. The minimum atomic E-state index is -0.128. The van der Waals surface area contributed by atoms with Gasteiger partial charge in [-0.05, 0) is 43.8 Å². The molecule has 4 rings (SSSR count). The van der Waals surface area contributed by atoms with Gasteiger partial charge in [0.05, 0.1) is 39.9 Å². The van der Waals surface area contributed by atoms with E-state index in [1.807, 2.05) is 51.5 Å². The highest BCUT2D eigenvalue weighted by atomic mass is 35.5. The Morgan fingerprint density at radius 3 is 2.62 bits per heavy atom. The van der Waals surface area contributed by atoms with Crippen molar-refractivity contribution in [2.45, 2.75) is 26.8 Å². The number of carbonyl (C=O) groups is 1. The second-order valence-electron chi connectivity index (χ2n) is 9.34. The maximum Gasteiger partial charge on any atom is 0.230 e. The standard InChI is InChI=1S/C25H30ClN7O/c1-15(2)13-33(5)23-11-21-20(10-18(23)26)28-24(34)12-19(27-21)16-7-6-8-17(9-16)25-22(14-32(3)4)29-31-30-25/h6-11,15H,12-14H2,1-5H3,(H,28,34)(H,29,30,31). The molecule has 34 heavy (non-hydrogen) atoms. The number of aromatic nitrogens is 3. The van der Waals surface area contributed by atoms with E-state index in [9.17, 15) is 4.79 Å². The highest BCUT2D eigenvalue weighted by molar-refractivity contribution is 6.34. The molecule has 178 valence electrons. The van der Waals surface area contributed by atoms with Gasteiger partial charge in [0.15, 0.2) is 0 Å². The Morgan fingerprint density at radius 2 is 1.88 bits per heavy atom. The molecule has 1 aromatic heterocycles. The summed E-state index contributed by atoms with van der Waals surface area (Å²) in [6, 6.07) is 11.7. The molecule has 0 spiro atoms. The molecule has 3 aromatic rings. The van der Waals surface area contributed by atoms with E-state index in [1.54, 1.807) is 6.07 Å². The molecule has 0 bridgehead atoms. The maximum absolute atomic E-state index is 12.7. The fourth-order valence-corrected chi connectivity index (χ4v) is 4.44. The van der Waals surface area contributed by atoms with Crippen LogP contribution in [0.2, 0.25) is 5.02 Å². The predicted molar refractivity (Wildman–Crippen MR) is 138 cm³/mol. The zero-order chi connectivity index (χ0) is 24.4. The molecule has 0 fully saturated rings. The number of hydrogen-bond donors (Lipinski definition) is 2. The zero-order valence-corrected chi connectivity index (χ0v) is 20.9. The SMILES string of the molecule is CC(C)CN(C)c1cc2c(cc1Cl)NC(=O)CC(c1cccc(-c3nn[nH]c3CN(C)C)c1)=N2. The lowest BCUT2D eigenvalue weighted by atomic mass is 10.0. The Kier molecular flexibility index (Phi) is 7.00. The number of nitrogens with one attached hydrogen (secondary N) is 2. The van der Waals surface area contributed by atoms with E-state index in [4.69, 9.17) is 16.6 Å². The lowest BCUT2D eigenvalue weighted by Crippen LogP contribution is -2.22. The van der Waals surface area contributed by atoms with Crippen molar-refractivity contribution in [3.8, 4) is 11.3 Å². The molecule has 9 heteroatoms. The molecule has 2 heterocycles. The number of H-pyrrole nitrogens is 1. The minimum absolute atomic E-state index is 0.128. The molecular formula is C25H30ClN7O. The molecule has 0 saturated carbocycles. The van der Waals surface area contributed by atoms with Gasteiger partial charge in [0.2, 0.25) is 5.91 Å². The number of halogens is 1. The van der Waals surface area contributed by atoms with Gasteiger partial charge in [-0.2, -0.15) is 0 Å². The molecule has 1 aliphatic heterocycles. The van der Waals surface area contributed by atoms with Crippen LogP contribution in [0.25, 0.3) is 11.3 Å². The summed E-state index contributed by atoms with van der Waals surface area (Å²) in [6.07, 6.45) is 0.163. The molecule has 1 amide bonds. The van der Waals surface area contributed by atoms with Crippen LogP contribution in [0.15, 0.2) is 41.4 Å². The first kappa shape index (κ1) is 23.9. The maximum atomic E-state index is 12.7. The van der Waals surface area contributed by atoms with E-state index in [0.717, 1.165) is 34.7 Å². The van der Waals surface area contributed by atoms with Gasteiger partial charge in [-0.3, -0.25) is 14.9 Å². The first-order valence-electron chi connectivity index (χ1n) is 11.3. The number of anilines is 2. The van der Waals surface area contributed by atoms with Crippen molar-refractivity contribution in [2.75, 3.05) is 37.9 Å². The monoisotopic (exact) mass is 479 g/mol. The quantitative estimate of drug-likeness (QED) is 0.510. The number of amides is 1. The summed E-state index contributed by atoms with van der Waals surface area (Å²) in [6.45, 7) is 5.87. The number of nitrogens with zero attached hydrogens (tertiary/aromatic N) is 5. The first-order valence-corrected chi connectivity index (χ1v) is 11.7. The Balaban J connectivity index is 1.74. The van der Waals surface area contributed by atoms with Crippen molar-refractivity contribution < 1.29 is 4.79 Å². The van der Waals surface area contributed by atoms with Crippen molar-refractivity contribution in [1.82, 2.24) is 20.3 Å². The van der Waals surface area contributed by atoms with Crippen LogP contribution in [0.1, 0.15) is 31.5 Å². The average Bonchev–Trinajstić information content (AvgIpc) is 3.14. The minimum Gasteiger partial charge on any atom is -0.373 e. The van der Waals surface area contributed by atoms with E-state index in [0.29, 0.717) is 34.6 Å². The van der Waals surface area contributed by atoms with Gasteiger partial charge in [-0.25, -0.2) is 0 Å². The van der Waals surface area contributed by atoms with E-state index in [-0.39, 0.29) is 12.3 Å². The predicted octanol–water partition coefficient (Wildman–Crippen LogP) is 4.74. The van der Waals surface area contributed by atoms with Crippen molar-refractivity contribution in [1.29, 1.82) is 0 Å². The van der Waals surface area contributed by atoms with Crippen molar-refractivity contribution in [2.24, 2.45) is 10.9 Å². The summed E-state index contributed by atoms with van der Waals surface area (Å²) >= 11 is 6.56. The fourth-order valence-electron chi connectivity index (χ4n) is 4.13. The molecule has 0 saturated heterocycles. The summed E-state index contributed by atoms with van der Waals surface area (Å²) < 4.78 is 0. The molecule has 0 atom stereocenters. The summed E-state index contributed by atoms with van der Waals surface area (Å²) in [5.41, 5.74) is 6.40. The summed E-state index contributed by atoms with van der Waals surface area (Å²) in [4.78, 5) is 21.8. The number of hydrogen-bond acceptors (Lipinski definition) is 6. The van der Waals surface area contributed by atoms with E-state index < -0.39 is 0 Å². The van der Waals surface area contributed by atoms with Gasteiger partial charge in [0.1, 0.15) is 5.69 Å². The van der Waals surface area contributed by atoms with E-state index >= 15 is 0 Å². The normalized spacial score (nSPS) is 13.5. The summed E-state index contributed by atoms with van der Waals surface area (Å²) in [5, 5.41) is 14.8. The van der Waals surface area contributed by atoms with Crippen LogP contribution in [0.5, 0.6) is 0 Å². The van der Waals surface area contributed by atoms with Crippen LogP contribution in [0.4, 0.5) is 17.1 Å². The van der Waals surface area contributed by atoms with Crippen LogP contribution >= 0.6 is 11.6 Å². The summed E-state index contributed by atoms with van der Waals surface area (Å²) in [7, 11) is 6.01. The average molecular weight is 480 g/mol. The molecular weight excluding hydrogens is 450 g/mol. The van der Waals surface area contributed by atoms with Crippen molar-refractivity contribution in [3.63, 3.8) is 0 Å². The smallest absolute Gasteiger partial charge is 0.230 e. The molecule has 2 aromatic carbocycles. The Labute approximate surface area is 205 Å². The second kappa shape index (κ2) is 9.95.